The van der Waals surface area contributed by atoms with E-state index in [2.05, 4.69) is 0 Å². The number of carbonyl (C=O) groups excluding carboxylic acids is 3. The number of hydrogen-bond donors (Lipinski definition) is 1. The summed E-state index contributed by atoms with van der Waals surface area (Å²) in [4.78, 5) is 48.2. The van der Waals surface area contributed by atoms with Crippen LogP contribution in [-0.4, -0.2) is 29.1 Å². The number of hydrogen-bond acceptors (Lipinski definition) is 5. The molecule has 6 heteroatoms. The van der Waals surface area contributed by atoms with E-state index in [0.29, 0.717) is 17.8 Å². The van der Waals surface area contributed by atoms with E-state index in [9.17, 15) is 24.3 Å². The number of rotatable bonds is 8. The molecule has 1 aliphatic carbocycles. The van der Waals surface area contributed by atoms with Gasteiger partial charge in [-0.2, -0.15) is 0 Å². The fraction of sp³-hybridized carbons (Fsp3) is 0.185. The molecular weight excluding hydrogens is 420 g/mol. The van der Waals surface area contributed by atoms with Gasteiger partial charge in [-0.1, -0.05) is 54.6 Å². The van der Waals surface area contributed by atoms with E-state index in [1.54, 1.807) is 60.7 Å². The van der Waals surface area contributed by atoms with Crippen LogP contribution in [0.1, 0.15) is 50.6 Å². The minimum Gasteiger partial charge on any atom is -0.478 e. The second-order valence-corrected chi connectivity index (χ2v) is 8.15. The maximum atomic E-state index is 13.5. The molecular formula is C27H22O6. The minimum absolute atomic E-state index is 0.0891. The second kappa shape index (κ2) is 9.20. The molecule has 1 fully saturated rings. The number of Topliss-reactive ketones (excluding diaryl/α,β-unsaturated/α-hetero) is 2. The quantitative estimate of drug-likeness (QED) is 0.407. The average Bonchev–Trinajstić information content (AvgIpc) is 2.80. The van der Waals surface area contributed by atoms with Gasteiger partial charge in [-0.25, -0.2) is 4.79 Å². The van der Waals surface area contributed by atoms with E-state index in [1.807, 2.05) is 6.07 Å². The number of benzene rings is 3. The third-order valence-electron chi connectivity index (χ3n) is 6.37. The van der Waals surface area contributed by atoms with Crippen LogP contribution in [0.2, 0.25) is 0 Å². The Balaban J connectivity index is 1.78. The Morgan fingerprint density at radius 3 is 1.82 bits per heavy atom. The summed E-state index contributed by atoms with van der Waals surface area (Å²) in [6.45, 7) is 1.84. The third kappa shape index (κ3) is 4.20. The summed E-state index contributed by atoms with van der Waals surface area (Å²) < 4.78 is 4.89. The fourth-order valence-electron chi connectivity index (χ4n) is 4.88. The van der Waals surface area contributed by atoms with Gasteiger partial charge in [-0.05, 0) is 42.3 Å². The molecule has 0 saturated heterocycles. The average molecular weight is 442 g/mol. The summed E-state index contributed by atoms with van der Waals surface area (Å²) in [7, 11) is 0. The van der Waals surface area contributed by atoms with Crippen LogP contribution >= 0.6 is 0 Å². The Morgan fingerprint density at radius 2 is 1.30 bits per heavy atom. The summed E-state index contributed by atoms with van der Waals surface area (Å²) >= 11 is 0. The first-order valence-electron chi connectivity index (χ1n) is 10.6. The van der Waals surface area contributed by atoms with E-state index in [0.717, 1.165) is 11.1 Å². The van der Waals surface area contributed by atoms with Gasteiger partial charge in [-0.15, -0.1) is 0 Å². The van der Waals surface area contributed by atoms with E-state index < -0.39 is 17.8 Å². The van der Waals surface area contributed by atoms with Crippen LogP contribution < -0.4 is 4.74 Å². The first-order chi connectivity index (χ1) is 15.9. The van der Waals surface area contributed by atoms with E-state index >= 15 is 0 Å². The zero-order valence-electron chi connectivity index (χ0n) is 17.9. The van der Waals surface area contributed by atoms with Crippen molar-refractivity contribution in [3.8, 4) is 5.75 Å². The van der Waals surface area contributed by atoms with Gasteiger partial charge in [0.1, 0.15) is 11.5 Å². The fourth-order valence-corrected chi connectivity index (χ4v) is 4.88. The van der Waals surface area contributed by atoms with Crippen LogP contribution in [0.4, 0.5) is 0 Å². The number of carboxylic acid groups (broad SMARTS) is 1. The predicted octanol–water partition coefficient (Wildman–Crippen LogP) is 4.51. The van der Waals surface area contributed by atoms with Crippen molar-refractivity contribution in [3.63, 3.8) is 0 Å². The summed E-state index contributed by atoms with van der Waals surface area (Å²) in [6.07, 6.45) is 0. The maximum Gasteiger partial charge on any atom is 0.335 e. The van der Waals surface area contributed by atoms with E-state index in [1.165, 1.54) is 19.1 Å². The van der Waals surface area contributed by atoms with Crippen molar-refractivity contribution in [2.24, 2.45) is 11.8 Å². The van der Waals surface area contributed by atoms with Crippen molar-refractivity contribution in [1.29, 1.82) is 0 Å². The summed E-state index contributed by atoms with van der Waals surface area (Å²) in [6, 6.07) is 22.2. The van der Waals surface area contributed by atoms with Crippen molar-refractivity contribution in [2.45, 2.75) is 18.8 Å². The van der Waals surface area contributed by atoms with Gasteiger partial charge in [0.2, 0.25) is 0 Å². The molecule has 1 N–H and O–H groups in total. The third-order valence-corrected chi connectivity index (χ3v) is 6.37. The molecule has 1 saturated carbocycles. The first-order valence-corrected chi connectivity index (χ1v) is 10.6. The van der Waals surface area contributed by atoms with Crippen molar-refractivity contribution < 1.29 is 29.0 Å². The van der Waals surface area contributed by atoms with E-state index in [-0.39, 0.29) is 29.0 Å². The molecule has 0 unspecified atom stereocenters. The molecule has 0 amide bonds. The van der Waals surface area contributed by atoms with Gasteiger partial charge in [0.05, 0.1) is 5.56 Å². The lowest BCUT2D eigenvalue weighted by Gasteiger charge is -2.51. The Bertz CT molecular complexity index is 1180. The van der Waals surface area contributed by atoms with Crippen LogP contribution in [0.3, 0.4) is 0 Å². The van der Waals surface area contributed by atoms with Crippen molar-refractivity contribution in [2.75, 3.05) is 0 Å². The molecule has 0 radical (unpaired) electrons. The number of ether oxygens (including phenoxy) is 1. The van der Waals surface area contributed by atoms with Crippen LogP contribution in [-0.2, 0) is 9.59 Å². The SMILES string of the molecule is CC(=O)[C@@H]1[C@H](C(=O)c2ccccc2)[C@@H](c2ccc(OC=O)cc2)[C@H]1c1ccc(C(=O)O)cc1. The molecule has 0 aliphatic heterocycles. The molecule has 6 nitrogen and oxygen atoms in total. The summed E-state index contributed by atoms with van der Waals surface area (Å²) in [5.41, 5.74) is 2.34. The molecule has 0 bridgehead atoms. The Hall–Kier alpha value is -4.06. The van der Waals surface area contributed by atoms with Crippen molar-refractivity contribution in [1.82, 2.24) is 0 Å². The zero-order chi connectivity index (χ0) is 23.5. The number of carbonyl (C=O) groups is 4. The van der Waals surface area contributed by atoms with E-state index in [4.69, 9.17) is 4.74 Å². The smallest absolute Gasteiger partial charge is 0.335 e. The Labute approximate surface area is 190 Å². The highest BCUT2D eigenvalue weighted by Gasteiger charge is 2.56. The number of ketones is 2. The highest BCUT2D eigenvalue weighted by molar-refractivity contribution is 6.03. The van der Waals surface area contributed by atoms with Gasteiger partial charge in [-0.3, -0.25) is 14.4 Å². The molecule has 0 spiro atoms. The second-order valence-electron chi connectivity index (χ2n) is 8.15. The van der Waals surface area contributed by atoms with Gasteiger partial charge >= 0.3 is 5.97 Å². The largest absolute Gasteiger partial charge is 0.478 e. The topological polar surface area (TPSA) is 97.7 Å². The Kier molecular flexibility index (Phi) is 6.18. The molecule has 1 aliphatic rings. The first kappa shape index (κ1) is 22.1. The predicted molar refractivity (Wildman–Crippen MR) is 120 cm³/mol. The monoisotopic (exact) mass is 442 g/mol. The number of aromatic carboxylic acids is 1. The molecule has 166 valence electrons. The summed E-state index contributed by atoms with van der Waals surface area (Å²) in [5, 5.41) is 9.23. The molecule has 0 aromatic heterocycles. The lowest BCUT2D eigenvalue weighted by atomic mass is 9.50. The van der Waals surface area contributed by atoms with Gasteiger partial charge in [0.25, 0.3) is 6.47 Å². The molecule has 4 atom stereocenters. The van der Waals surface area contributed by atoms with Gasteiger partial charge in [0.15, 0.2) is 5.78 Å². The molecule has 33 heavy (non-hydrogen) atoms. The van der Waals surface area contributed by atoms with Crippen molar-refractivity contribution in [3.05, 3.63) is 101 Å². The standard InChI is InChI=1S/C27H22O6/c1-16(29)22-23(17-7-9-20(10-8-17)27(31)32)24(18-11-13-21(14-12-18)33-15-28)25(22)26(30)19-5-3-2-4-6-19/h2-15,22-25H,1H3,(H,31,32)/t22-,23-,24-,25-/m0/s1. The van der Waals surface area contributed by atoms with Crippen LogP contribution in [0.25, 0.3) is 0 Å². The van der Waals surface area contributed by atoms with Crippen LogP contribution in [0.5, 0.6) is 5.75 Å². The van der Waals surface area contributed by atoms with Crippen LogP contribution in [0.15, 0.2) is 78.9 Å². The lowest BCUT2D eigenvalue weighted by Crippen LogP contribution is -2.50. The van der Waals surface area contributed by atoms with Gasteiger partial charge < -0.3 is 9.84 Å². The van der Waals surface area contributed by atoms with Crippen LogP contribution in [0, 0.1) is 11.8 Å². The van der Waals surface area contributed by atoms with Gasteiger partial charge in [0, 0.05) is 29.2 Å². The lowest BCUT2D eigenvalue weighted by molar-refractivity contribution is -0.127. The molecule has 4 rings (SSSR count). The molecule has 0 heterocycles. The zero-order valence-corrected chi connectivity index (χ0v) is 17.9. The maximum absolute atomic E-state index is 13.5. The summed E-state index contributed by atoms with van der Waals surface area (Å²) in [5.74, 6) is -2.53. The number of carboxylic acids is 1. The van der Waals surface area contributed by atoms with Crippen molar-refractivity contribution >= 4 is 24.0 Å². The minimum atomic E-state index is -1.03. The highest BCUT2D eigenvalue weighted by atomic mass is 16.5. The Morgan fingerprint density at radius 1 is 0.758 bits per heavy atom. The highest BCUT2D eigenvalue weighted by Crippen LogP contribution is 2.59. The molecule has 3 aromatic carbocycles. The molecule has 3 aromatic rings. The normalized spacial score (nSPS) is 21.5.